The first-order valence-corrected chi connectivity index (χ1v) is 7.38. The quantitative estimate of drug-likeness (QED) is 0.845. The van der Waals surface area contributed by atoms with E-state index in [2.05, 4.69) is 47.1 Å². The topological polar surface area (TPSA) is 47.0 Å². The normalized spacial score (nSPS) is 10.3. The van der Waals surface area contributed by atoms with E-state index >= 15 is 0 Å². The molecule has 0 aliphatic rings. The van der Waals surface area contributed by atoms with E-state index in [-0.39, 0.29) is 0 Å². The highest BCUT2D eigenvalue weighted by Gasteiger charge is 2.12. The van der Waals surface area contributed by atoms with E-state index in [0.717, 1.165) is 32.5 Å². The number of aromatic nitrogens is 2. The molecule has 1 heterocycles. The molecule has 6 heteroatoms. The molecule has 0 saturated carbocycles. The van der Waals surface area contributed by atoms with E-state index in [1.54, 1.807) is 0 Å². The van der Waals surface area contributed by atoms with Crippen LogP contribution in [0.3, 0.4) is 0 Å². The molecule has 4 nitrogen and oxygen atoms in total. The van der Waals surface area contributed by atoms with Gasteiger partial charge in [-0.3, -0.25) is 0 Å². The van der Waals surface area contributed by atoms with Gasteiger partial charge in [0, 0.05) is 11.5 Å². The third kappa shape index (κ3) is 3.25. The lowest BCUT2D eigenvalue weighted by molar-refractivity contribution is 0.453. The van der Waals surface area contributed by atoms with Gasteiger partial charge in [0.1, 0.15) is 17.9 Å². The first-order valence-electron chi connectivity index (χ1n) is 5.80. The number of anilines is 1. The molecule has 1 aromatic heterocycles. The molecule has 0 aliphatic heterocycles. The summed E-state index contributed by atoms with van der Waals surface area (Å²) in [5, 5.41) is 3.05. The zero-order chi connectivity index (χ0) is 13.8. The highest BCUT2D eigenvalue weighted by Crippen LogP contribution is 2.33. The Morgan fingerprint density at radius 1 is 1.26 bits per heavy atom. The molecule has 0 saturated heterocycles. The van der Waals surface area contributed by atoms with E-state index in [4.69, 9.17) is 4.74 Å². The lowest BCUT2D eigenvalue weighted by atomic mass is 10.2. The molecule has 1 N–H and O–H groups in total. The van der Waals surface area contributed by atoms with Crippen LogP contribution >= 0.6 is 31.9 Å². The molecule has 19 heavy (non-hydrogen) atoms. The Labute approximate surface area is 128 Å². The van der Waals surface area contributed by atoms with Crippen molar-refractivity contribution in [2.24, 2.45) is 0 Å². The molecule has 2 aromatic rings. The Morgan fingerprint density at radius 2 is 2.05 bits per heavy atom. The van der Waals surface area contributed by atoms with Crippen molar-refractivity contribution in [2.75, 3.05) is 12.4 Å². The molecule has 0 bridgehead atoms. The SMILES string of the molecule is CCc1c(NC)ncnc1Oc1ccc(Br)cc1Br. The number of hydrogen-bond donors (Lipinski definition) is 1. The van der Waals surface area contributed by atoms with Gasteiger partial charge >= 0.3 is 0 Å². The van der Waals surface area contributed by atoms with Crippen molar-refractivity contribution in [3.05, 3.63) is 39.0 Å². The van der Waals surface area contributed by atoms with Crippen molar-refractivity contribution in [1.29, 1.82) is 0 Å². The molecule has 0 unspecified atom stereocenters. The van der Waals surface area contributed by atoms with Crippen LogP contribution in [-0.4, -0.2) is 17.0 Å². The Kier molecular flexibility index (Phi) is 4.76. The Balaban J connectivity index is 2.37. The maximum atomic E-state index is 5.87. The minimum absolute atomic E-state index is 0.574. The third-order valence-corrected chi connectivity index (χ3v) is 3.71. The molecular formula is C13H13Br2N3O. The maximum Gasteiger partial charge on any atom is 0.227 e. The van der Waals surface area contributed by atoms with Crippen LogP contribution in [0.1, 0.15) is 12.5 Å². The number of hydrogen-bond acceptors (Lipinski definition) is 4. The Bertz CT molecular complexity index is 590. The van der Waals surface area contributed by atoms with Crippen molar-refractivity contribution in [2.45, 2.75) is 13.3 Å². The monoisotopic (exact) mass is 385 g/mol. The summed E-state index contributed by atoms with van der Waals surface area (Å²) in [6.07, 6.45) is 2.29. The van der Waals surface area contributed by atoms with E-state index in [0.29, 0.717) is 5.88 Å². The van der Waals surface area contributed by atoms with Crippen molar-refractivity contribution >= 4 is 37.7 Å². The number of benzene rings is 1. The first-order chi connectivity index (χ1) is 9.15. The van der Waals surface area contributed by atoms with Crippen molar-refractivity contribution < 1.29 is 4.74 Å². The van der Waals surface area contributed by atoms with Crippen LogP contribution < -0.4 is 10.1 Å². The van der Waals surface area contributed by atoms with Crippen LogP contribution in [0.2, 0.25) is 0 Å². The van der Waals surface area contributed by atoms with Gasteiger partial charge in [-0.05, 0) is 40.5 Å². The summed E-state index contributed by atoms with van der Waals surface area (Å²) >= 11 is 6.88. The van der Waals surface area contributed by atoms with Gasteiger partial charge in [0.15, 0.2) is 0 Å². The largest absolute Gasteiger partial charge is 0.437 e. The van der Waals surface area contributed by atoms with Crippen LogP contribution in [0.5, 0.6) is 11.6 Å². The summed E-state index contributed by atoms with van der Waals surface area (Å²) in [6, 6.07) is 5.74. The fraction of sp³-hybridized carbons (Fsp3) is 0.231. The molecule has 0 amide bonds. The molecule has 0 spiro atoms. The summed E-state index contributed by atoms with van der Waals surface area (Å²) in [4.78, 5) is 8.40. The van der Waals surface area contributed by atoms with Gasteiger partial charge in [0.25, 0.3) is 0 Å². The van der Waals surface area contributed by atoms with Gasteiger partial charge in [0.05, 0.1) is 10.0 Å². The zero-order valence-electron chi connectivity index (χ0n) is 10.6. The minimum Gasteiger partial charge on any atom is -0.437 e. The lowest BCUT2D eigenvalue weighted by Crippen LogP contribution is -2.02. The van der Waals surface area contributed by atoms with Crippen LogP contribution in [0.4, 0.5) is 5.82 Å². The van der Waals surface area contributed by atoms with Gasteiger partial charge < -0.3 is 10.1 Å². The number of ether oxygens (including phenoxy) is 1. The molecule has 0 radical (unpaired) electrons. The standard InChI is InChI=1S/C13H13Br2N3O/c1-3-9-12(16-2)17-7-18-13(9)19-11-5-4-8(14)6-10(11)15/h4-7H,3H2,1-2H3,(H,16,17,18). The van der Waals surface area contributed by atoms with Crippen molar-refractivity contribution in [3.63, 3.8) is 0 Å². The van der Waals surface area contributed by atoms with E-state index in [9.17, 15) is 0 Å². The highest BCUT2D eigenvalue weighted by molar-refractivity contribution is 9.11. The van der Waals surface area contributed by atoms with E-state index in [1.807, 2.05) is 32.2 Å². The summed E-state index contributed by atoms with van der Waals surface area (Å²) in [7, 11) is 1.83. The zero-order valence-corrected chi connectivity index (χ0v) is 13.7. The average Bonchev–Trinajstić information content (AvgIpc) is 2.41. The fourth-order valence-electron chi connectivity index (χ4n) is 1.68. The third-order valence-electron chi connectivity index (χ3n) is 2.60. The predicted octanol–water partition coefficient (Wildman–Crippen LogP) is 4.40. The highest BCUT2D eigenvalue weighted by atomic mass is 79.9. The lowest BCUT2D eigenvalue weighted by Gasteiger charge is -2.12. The number of halogens is 2. The van der Waals surface area contributed by atoms with Crippen molar-refractivity contribution in [3.8, 4) is 11.6 Å². The number of rotatable bonds is 4. The maximum absolute atomic E-state index is 5.87. The molecule has 2 rings (SSSR count). The first kappa shape index (κ1) is 14.3. The molecule has 1 aromatic carbocycles. The summed E-state index contributed by atoms with van der Waals surface area (Å²) in [5.41, 5.74) is 0.958. The second-order valence-corrected chi connectivity index (χ2v) is 5.56. The van der Waals surface area contributed by atoms with E-state index in [1.165, 1.54) is 6.33 Å². The second-order valence-electron chi connectivity index (χ2n) is 3.79. The smallest absolute Gasteiger partial charge is 0.227 e. The fourth-order valence-corrected chi connectivity index (χ4v) is 2.81. The second kappa shape index (κ2) is 6.34. The summed E-state index contributed by atoms with van der Waals surface area (Å²) in [6.45, 7) is 2.04. The molecule has 0 aliphatic carbocycles. The van der Waals surface area contributed by atoms with Crippen LogP contribution in [0, 0.1) is 0 Å². The number of nitrogens with one attached hydrogen (secondary N) is 1. The molecule has 0 atom stereocenters. The molecular weight excluding hydrogens is 374 g/mol. The molecule has 0 fully saturated rings. The van der Waals surface area contributed by atoms with Gasteiger partial charge in [-0.2, -0.15) is 0 Å². The van der Waals surface area contributed by atoms with Gasteiger partial charge in [-0.15, -0.1) is 0 Å². The van der Waals surface area contributed by atoms with Gasteiger partial charge in [-0.1, -0.05) is 22.9 Å². The van der Waals surface area contributed by atoms with Gasteiger partial charge in [0.2, 0.25) is 5.88 Å². The van der Waals surface area contributed by atoms with Crippen molar-refractivity contribution in [1.82, 2.24) is 9.97 Å². The Morgan fingerprint density at radius 3 is 2.68 bits per heavy atom. The van der Waals surface area contributed by atoms with Crippen LogP contribution in [0.15, 0.2) is 33.5 Å². The number of nitrogens with zero attached hydrogens (tertiary/aromatic N) is 2. The average molecular weight is 387 g/mol. The summed E-state index contributed by atoms with van der Waals surface area (Å²) < 4.78 is 7.73. The predicted molar refractivity (Wildman–Crippen MR) is 82.9 cm³/mol. The Hall–Kier alpha value is -1.14. The molecule has 100 valence electrons. The van der Waals surface area contributed by atoms with E-state index < -0.39 is 0 Å². The summed E-state index contributed by atoms with van der Waals surface area (Å²) in [5.74, 6) is 2.09. The van der Waals surface area contributed by atoms with Crippen LogP contribution in [-0.2, 0) is 6.42 Å². The minimum atomic E-state index is 0.574. The van der Waals surface area contributed by atoms with Gasteiger partial charge in [-0.25, -0.2) is 9.97 Å². The van der Waals surface area contributed by atoms with Crippen LogP contribution in [0.25, 0.3) is 0 Å².